The Morgan fingerprint density at radius 1 is 1.05 bits per heavy atom. The van der Waals surface area contributed by atoms with Crippen molar-refractivity contribution in [2.24, 2.45) is 5.92 Å². The van der Waals surface area contributed by atoms with Crippen LogP contribution < -0.4 is 5.32 Å². The highest BCUT2D eigenvalue weighted by Crippen LogP contribution is 2.30. The van der Waals surface area contributed by atoms with Crippen LogP contribution in [0.2, 0.25) is 0 Å². The molecule has 0 aliphatic heterocycles. The Hall–Kier alpha value is -0.820. The lowest BCUT2D eigenvalue weighted by Gasteiger charge is -2.33. The molecule has 1 fully saturated rings. The summed E-state index contributed by atoms with van der Waals surface area (Å²) in [7, 11) is 0. The van der Waals surface area contributed by atoms with Crippen LogP contribution in [-0.4, -0.2) is 12.6 Å². The molecule has 0 spiro atoms. The van der Waals surface area contributed by atoms with Gasteiger partial charge in [0.15, 0.2) is 0 Å². The molecule has 0 heterocycles. The lowest BCUT2D eigenvalue weighted by molar-refractivity contribution is 0.264. The van der Waals surface area contributed by atoms with Gasteiger partial charge < -0.3 is 5.32 Å². The smallest absolute Gasteiger partial charge is 0.00983 e. The summed E-state index contributed by atoms with van der Waals surface area (Å²) < 4.78 is 0. The molecule has 1 heteroatoms. The molecule has 0 amide bonds. The van der Waals surface area contributed by atoms with Crippen LogP contribution in [-0.2, 0) is 6.42 Å². The Balaban J connectivity index is 2.15. The third-order valence-corrected chi connectivity index (χ3v) is 4.68. The molecule has 1 aliphatic carbocycles. The summed E-state index contributed by atoms with van der Waals surface area (Å²) in [5.74, 6) is 0.828. The van der Waals surface area contributed by atoms with Crippen molar-refractivity contribution in [3.63, 3.8) is 0 Å². The molecule has 19 heavy (non-hydrogen) atoms. The van der Waals surface area contributed by atoms with Crippen molar-refractivity contribution in [3.05, 3.63) is 34.4 Å². The molecule has 0 radical (unpaired) electrons. The van der Waals surface area contributed by atoms with Crippen molar-refractivity contribution >= 4 is 0 Å². The lowest BCUT2D eigenvalue weighted by atomic mass is 9.79. The van der Waals surface area contributed by atoms with Gasteiger partial charge in [0.1, 0.15) is 0 Å². The molecular weight excluding hydrogens is 230 g/mol. The average molecular weight is 259 g/mol. The maximum atomic E-state index is 3.71. The Morgan fingerprint density at radius 3 is 2.32 bits per heavy atom. The van der Waals surface area contributed by atoms with E-state index in [9.17, 15) is 0 Å². The van der Waals surface area contributed by atoms with Crippen molar-refractivity contribution in [2.45, 2.75) is 65.8 Å². The predicted molar refractivity (Wildman–Crippen MR) is 83.8 cm³/mol. The molecule has 2 unspecified atom stereocenters. The van der Waals surface area contributed by atoms with Crippen LogP contribution in [0.25, 0.3) is 0 Å². The van der Waals surface area contributed by atoms with Crippen LogP contribution in [0.5, 0.6) is 0 Å². The van der Waals surface area contributed by atoms with E-state index in [1.165, 1.54) is 48.8 Å². The molecule has 2 atom stereocenters. The fourth-order valence-electron chi connectivity index (χ4n) is 3.78. The number of nitrogens with one attached hydrogen (secondary N) is 1. The second kappa shape index (κ2) is 6.56. The largest absolute Gasteiger partial charge is 0.314 e. The van der Waals surface area contributed by atoms with Gasteiger partial charge in [-0.1, -0.05) is 37.5 Å². The van der Waals surface area contributed by atoms with E-state index in [0.29, 0.717) is 0 Å². The van der Waals surface area contributed by atoms with Crippen molar-refractivity contribution in [3.8, 4) is 0 Å². The van der Waals surface area contributed by atoms with Crippen LogP contribution in [0.4, 0.5) is 0 Å². The van der Waals surface area contributed by atoms with Crippen LogP contribution in [0.1, 0.15) is 54.9 Å². The molecule has 1 N–H and O–H groups in total. The number of rotatable bonds is 4. The van der Waals surface area contributed by atoms with E-state index in [4.69, 9.17) is 0 Å². The van der Waals surface area contributed by atoms with Crippen molar-refractivity contribution in [1.82, 2.24) is 5.32 Å². The minimum Gasteiger partial charge on any atom is -0.314 e. The van der Waals surface area contributed by atoms with Crippen LogP contribution >= 0.6 is 0 Å². The second-order valence-electron chi connectivity index (χ2n) is 6.29. The fourth-order valence-corrected chi connectivity index (χ4v) is 3.78. The number of aryl methyl sites for hydroxylation is 3. The highest BCUT2D eigenvalue weighted by molar-refractivity contribution is 5.37. The molecule has 1 nitrogen and oxygen atoms in total. The number of hydrogen-bond acceptors (Lipinski definition) is 1. The van der Waals surface area contributed by atoms with Crippen molar-refractivity contribution in [1.29, 1.82) is 0 Å². The summed E-state index contributed by atoms with van der Waals surface area (Å²) in [5, 5.41) is 3.71. The summed E-state index contributed by atoms with van der Waals surface area (Å²) in [6, 6.07) is 5.42. The van der Waals surface area contributed by atoms with E-state index >= 15 is 0 Å². The van der Waals surface area contributed by atoms with E-state index in [1.54, 1.807) is 5.56 Å². The van der Waals surface area contributed by atoms with E-state index < -0.39 is 0 Å². The van der Waals surface area contributed by atoms with Crippen molar-refractivity contribution in [2.75, 3.05) is 6.54 Å². The monoisotopic (exact) mass is 259 g/mol. The molecule has 0 bridgehead atoms. The molecule has 1 aromatic carbocycles. The highest BCUT2D eigenvalue weighted by atomic mass is 14.9. The Labute approximate surface area is 118 Å². The molecule has 1 aromatic rings. The van der Waals surface area contributed by atoms with E-state index in [2.05, 4.69) is 45.1 Å². The van der Waals surface area contributed by atoms with E-state index in [0.717, 1.165) is 18.5 Å². The first-order chi connectivity index (χ1) is 9.11. The third kappa shape index (κ3) is 3.60. The summed E-state index contributed by atoms with van der Waals surface area (Å²) >= 11 is 0. The number of benzene rings is 1. The summed E-state index contributed by atoms with van der Waals surface area (Å²) in [6.45, 7) is 10.1. The maximum Gasteiger partial charge on any atom is 0.00983 e. The van der Waals surface area contributed by atoms with Gasteiger partial charge in [-0.3, -0.25) is 0 Å². The number of hydrogen-bond donors (Lipinski definition) is 1. The van der Waals surface area contributed by atoms with Gasteiger partial charge in [-0.2, -0.15) is 0 Å². The average Bonchev–Trinajstić information content (AvgIpc) is 2.36. The SMILES string of the molecule is CCNC1CCCCC1Cc1c(C)cc(C)cc1C. The summed E-state index contributed by atoms with van der Waals surface area (Å²) in [5.41, 5.74) is 5.96. The van der Waals surface area contributed by atoms with Gasteiger partial charge in [-0.15, -0.1) is 0 Å². The van der Waals surface area contributed by atoms with Crippen LogP contribution in [0.15, 0.2) is 12.1 Å². The van der Waals surface area contributed by atoms with Gasteiger partial charge in [0.05, 0.1) is 0 Å². The fraction of sp³-hybridized carbons (Fsp3) is 0.667. The van der Waals surface area contributed by atoms with Crippen LogP contribution in [0, 0.1) is 26.7 Å². The molecule has 1 aliphatic rings. The zero-order valence-corrected chi connectivity index (χ0v) is 13.1. The minimum atomic E-state index is 0.735. The molecule has 0 aromatic heterocycles. The predicted octanol–water partition coefficient (Wildman–Crippen LogP) is 4.32. The lowest BCUT2D eigenvalue weighted by Crippen LogP contribution is -2.39. The standard InChI is InChI=1S/C18H29N/c1-5-19-18-9-7-6-8-16(18)12-17-14(3)10-13(2)11-15(17)4/h10-11,16,18-19H,5-9,12H2,1-4H3. The van der Waals surface area contributed by atoms with Gasteiger partial charge in [0.2, 0.25) is 0 Å². The Bertz CT molecular complexity index is 397. The third-order valence-electron chi connectivity index (χ3n) is 4.68. The van der Waals surface area contributed by atoms with Crippen molar-refractivity contribution < 1.29 is 0 Å². The Morgan fingerprint density at radius 2 is 1.68 bits per heavy atom. The van der Waals surface area contributed by atoms with Gasteiger partial charge >= 0.3 is 0 Å². The molecule has 1 saturated carbocycles. The minimum absolute atomic E-state index is 0.735. The molecule has 2 rings (SSSR count). The Kier molecular flexibility index (Phi) is 5.04. The van der Waals surface area contributed by atoms with E-state index in [-0.39, 0.29) is 0 Å². The zero-order chi connectivity index (χ0) is 13.8. The first-order valence-electron chi connectivity index (χ1n) is 7.92. The molecular formula is C18H29N. The highest BCUT2D eigenvalue weighted by Gasteiger charge is 2.25. The van der Waals surface area contributed by atoms with E-state index in [1.807, 2.05) is 0 Å². The first-order valence-corrected chi connectivity index (χ1v) is 7.92. The summed E-state index contributed by atoms with van der Waals surface area (Å²) in [4.78, 5) is 0. The van der Waals surface area contributed by atoms with Gasteiger partial charge in [-0.05, 0) is 69.2 Å². The molecule has 106 valence electrons. The first kappa shape index (κ1) is 14.6. The van der Waals surface area contributed by atoms with Gasteiger partial charge in [0.25, 0.3) is 0 Å². The van der Waals surface area contributed by atoms with Crippen LogP contribution in [0.3, 0.4) is 0 Å². The van der Waals surface area contributed by atoms with Gasteiger partial charge in [0, 0.05) is 6.04 Å². The maximum absolute atomic E-state index is 3.71. The van der Waals surface area contributed by atoms with Gasteiger partial charge in [-0.25, -0.2) is 0 Å². The molecule has 0 saturated heterocycles. The normalized spacial score (nSPS) is 23.6. The summed E-state index contributed by atoms with van der Waals surface area (Å²) in [6.07, 6.45) is 6.83. The second-order valence-corrected chi connectivity index (χ2v) is 6.29. The zero-order valence-electron chi connectivity index (χ0n) is 13.1. The quantitative estimate of drug-likeness (QED) is 0.849. The topological polar surface area (TPSA) is 12.0 Å².